The molecule has 1 atom stereocenters. The molecule has 0 saturated heterocycles. The number of aliphatic hydroxyl groups excluding tert-OH is 1. The SMILES string of the molecule is CC(C)C(CO)Cc1ccco1. The van der Waals surface area contributed by atoms with E-state index in [0.29, 0.717) is 11.8 Å². The Kier molecular flexibility index (Phi) is 3.35. The molecule has 0 fully saturated rings. The van der Waals surface area contributed by atoms with Crippen molar-refractivity contribution in [1.82, 2.24) is 0 Å². The van der Waals surface area contributed by atoms with E-state index in [1.54, 1.807) is 6.26 Å². The molecule has 2 heteroatoms. The normalized spacial score (nSPS) is 13.7. The highest BCUT2D eigenvalue weighted by Gasteiger charge is 2.13. The van der Waals surface area contributed by atoms with E-state index < -0.39 is 0 Å². The predicted molar refractivity (Wildman–Crippen MR) is 47.8 cm³/mol. The summed E-state index contributed by atoms with van der Waals surface area (Å²) in [6.07, 6.45) is 2.51. The van der Waals surface area contributed by atoms with Crippen LogP contribution in [0.3, 0.4) is 0 Å². The second kappa shape index (κ2) is 4.31. The molecule has 0 aliphatic heterocycles. The summed E-state index contributed by atoms with van der Waals surface area (Å²) in [7, 11) is 0. The van der Waals surface area contributed by atoms with Gasteiger partial charge >= 0.3 is 0 Å². The standard InChI is InChI=1S/C10H16O2/c1-8(2)9(7-11)6-10-4-3-5-12-10/h3-5,8-9,11H,6-7H2,1-2H3. The van der Waals surface area contributed by atoms with Crippen molar-refractivity contribution in [2.75, 3.05) is 6.61 Å². The van der Waals surface area contributed by atoms with Gasteiger partial charge in [0.15, 0.2) is 0 Å². The van der Waals surface area contributed by atoms with E-state index in [-0.39, 0.29) is 6.61 Å². The molecular formula is C10H16O2. The zero-order valence-corrected chi connectivity index (χ0v) is 7.66. The van der Waals surface area contributed by atoms with Crippen LogP contribution in [0.15, 0.2) is 22.8 Å². The summed E-state index contributed by atoms with van der Waals surface area (Å²) in [4.78, 5) is 0. The lowest BCUT2D eigenvalue weighted by molar-refractivity contribution is 0.183. The van der Waals surface area contributed by atoms with E-state index in [1.807, 2.05) is 12.1 Å². The van der Waals surface area contributed by atoms with Crippen LogP contribution in [-0.4, -0.2) is 11.7 Å². The highest BCUT2D eigenvalue weighted by atomic mass is 16.3. The minimum atomic E-state index is 0.234. The molecule has 0 amide bonds. The molecule has 1 N–H and O–H groups in total. The molecule has 1 aromatic rings. The minimum absolute atomic E-state index is 0.234. The monoisotopic (exact) mass is 168 g/mol. The largest absolute Gasteiger partial charge is 0.469 e. The Bertz CT molecular complexity index is 202. The van der Waals surface area contributed by atoms with Crippen LogP contribution in [0.1, 0.15) is 19.6 Å². The van der Waals surface area contributed by atoms with Gasteiger partial charge in [0.2, 0.25) is 0 Å². The van der Waals surface area contributed by atoms with Crippen molar-refractivity contribution >= 4 is 0 Å². The molecule has 0 spiro atoms. The molecular weight excluding hydrogens is 152 g/mol. The van der Waals surface area contributed by atoms with Gasteiger partial charge < -0.3 is 9.52 Å². The van der Waals surface area contributed by atoms with Gasteiger partial charge in [-0.15, -0.1) is 0 Å². The lowest BCUT2D eigenvalue weighted by Gasteiger charge is -2.16. The first kappa shape index (κ1) is 9.33. The number of furan rings is 1. The Morgan fingerprint density at radius 1 is 1.50 bits per heavy atom. The number of hydrogen-bond acceptors (Lipinski definition) is 2. The van der Waals surface area contributed by atoms with Crippen LogP contribution in [0.25, 0.3) is 0 Å². The van der Waals surface area contributed by atoms with Gasteiger partial charge in [0.1, 0.15) is 5.76 Å². The van der Waals surface area contributed by atoms with Gasteiger partial charge in [-0.3, -0.25) is 0 Å². The summed E-state index contributed by atoms with van der Waals surface area (Å²) < 4.78 is 5.20. The summed E-state index contributed by atoms with van der Waals surface area (Å²) in [5.74, 6) is 1.78. The molecule has 1 heterocycles. The summed E-state index contributed by atoms with van der Waals surface area (Å²) in [5, 5.41) is 9.05. The minimum Gasteiger partial charge on any atom is -0.469 e. The Labute approximate surface area is 73.2 Å². The molecule has 0 aliphatic rings. The van der Waals surface area contributed by atoms with Crippen molar-refractivity contribution in [2.24, 2.45) is 11.8 Å². The van der Waals surface area contributed by atoms with E-state index in [2.05, 4.69) is 13.8 Å². The fourth-order valence-corrected chi connectivity index (χ4v) is 1.20. The molecule has 0 bridgehead atoms. The third-order valence-corrected chi connectivity index (χ3v) is 2.22. The Hall–Kier alpha value is -0.760. The van der Waals surface area contributed by atoms with Gasteiger partial charge in [0.05, 0.1) is 6.26 Å². The molecule has 1 unspecified atom stereocenters. The highest BCUT2D eigenvalue weighted by Crippen LogP contribution is 2.16. The Morgan fingerprint density at radius 3 is 2.67 bits per heavy atom. The topological polar surface area (TPSA) is 33.4 Å². The number of rotatable bonds is 4. The Balaban J connectivity index is 2.48. The maximum Gasteiger partial charge on any atom is 0.104 e. The van der Waals surface area contributed by atoms with Crippen molar-refractivity contribution in [2.45, 2.75) is 20.3 Å². The van der Waals surface area contributed by atoms with Gasteiger partial charge in [-0.2, -0.15) is 0 Å². The van der Waals surface area contributed by atoms with Crippen LogP contribution in [0.5, 0.6) is 0 Å². The molecule has 2 nitrogen and oxygen atoms in total. The van der Waals surface area contributed by atoms with Crippen LogP contribution in [0, 0.1) is 11.8 Å². The second-order valence-corrected chi connectivity index (χ2v) is 3.47. The number of hydrogen-bond donors (Lipinski definition) is 1. The summed E-state index contributed by atoms with van der Waals surface area (Å²) in [6.45, 7) is 4.46. The van der Waals surface area contributed by atoms with Crippen LogP contribution >= 0.6 is 0 Å². The third kappa shape index (κ3) is 2.38. The lowest BCUT2D eigenvalue weighted by atomic mass is 9.92. The fraction of sp³-hybridized carbons (Fsp3) is 0.600. The number of aliphatic hydroxyl groups is 1. The van der Waals surface area contributed by atoms with E-state index in [1.165, 1.54) is 0 Å². The first-order chi connectivity index (χ1) is 5.74. The van der Waals surface area contributed by atoms with Crippen molar-refractivity contribution in [3.63, 3.8) is 0 Å². The molecule has 1 rings (SSSR count). The van der Waals surface area contributed by atoms with Crippen LogP contribution in [0.4, 0.5) is 0 Å². The molecule has 0 aromatic carbocycles. The maximum absolute atomic E-state index is 9.05. The molecule has 0 aliphatic carbocycles. The predicted octanol–water partition coefficient (Wildman–Crippen LogP) is 2.09. The fourth-order valence-electron chi connectivity index (χ4n) is 1.20. The van der Waals surface area contributed by atoms with E-state index in [9.17, 15) is 0 Å². The van der Waals surface area contributed by atoms with Gasteiger partial charge in [-0.25, -0.2) is 0 Å². The van der Waals surface area contributed by atoms with E-state index >= 15 is 0 Å². The average molecular weight is 168 g/mol. The van der Waals surface area contributed by atoms with Crippen molar-refractivity contribution in [3.05, 3.63) is 24.2 Å². The second-order valence-electron chi connectivity index (χ2n) is 3.47. The molecule has 68 valence electrons. The molecule has 12 heavy (non-hydrogen) atoms. The van der Waals surface area contributed by atoms with Gasteiger partial charge in [-0.05, 0) is 24.0 Å². The molecule has 0 saturated carbocycles. The van der Waals surface area contributed by atoms with Crippen LogP contribution in [-0.2, 0) is 6.42 Å². The van der Waals surface area contributed by atoms with Crippen molar-refractivity contribution < 1.29 is 9.52 Å². The van der Waals surface area contributed by atoms with E-state index in [0.717, 1.165) is 12.2 Å². The third-order valence-electron chi connectivity index (χ3n) is 2.22. The summed E-state index contributed by atoms with van der Waals surface area (Å²) in [6, 6.07) is 3.83. The lowest BCUT2D eigenvalue weighted by Crippen LogP contribution is -2.15. The summed E-state index contributed by atoms with van der Waals surface area (Å²) in [5.41, 5.74) is 0. The van der Waals surface area contributed by atoms with Crippen LogP contribution in [0.2, 0.25) is 0 Å². The average Bonchev–Trinajstić information content (AvgIpc) is 2.51. The maximum atomic E-state index is 9.05. The molecule has 0 radical (unpaired) electrons. The smallest absolute Gasteiger partial charge is 0.104 e. The first-order valence-electron chi connectivity index (χ1n) is 4.37. The van der Waals surface area contributed by atoms with Gasteiger partial charge in [0.25, 0.3) is 0 Å². The Morgan fingerprint density at radius 2 is 2.25 bits per heavy atom. The van der Waals surface area contributed by atoms with Crippen molar-refractivity contribution in [1.29, 1.82) is 0 Å². The van der Waals surface area contributed by atoms with E-state index in [4.69, 9.17) is 9.52 Å². The highest BCUT2D eigenvalue weighted by molar-refractivity contribution is 4.99. The van der Waals surface area contributed by atoms with Crippen LogP contribution < -0.4 is 0 Å². The first-order valence-corrected chi connectivity index (χ1v) is 4.37. The van der Waals surface area contributed by atoms with Crippen molar-refractivity contribution in [3.8, 4) is 0 Å². The quantitative estimate of drug-likeness (QED) is 0.746. The zero-order valence-electron chi connectivity index (χ0n) is 7.66. The van der Waals surface area contributed by atoms with Gasteiger partial charge in [0, 0.05) is 13.0 Å². The zero-order chi connectivity index (χ0) is 8.97. The summed E-state index contributed by atoms with van der Waals surface area (Å²) >= 11 is 0. The van der Waals surface area contributed by atoms with Gasteiger partial charge in [-0.1, -0.05) is 13.8 Å². The molecule has 1 aromatic heterocycles.